The summed E-state index contributed by atoms with van der Waals surface area (Å²) in [7, 11) is 0. The summed E-state index contributed by atoms with van der Waals surface area (Å²) in [6, 6.07) is 19.6. The summed E-state index contributed by atoms with van der Waals surface area (Å²) in [4.78, 5) is 5.70. The van der Waals surface area contributed by atoms with Crippen molar-refractivity contribution in [1.29, 1.82) is 0 Å². The Bertz CT molecular complexity index is 1010. The van der Waals surface area contributed by atoms with E-state index in [0.717, 1.165) is 61.6 Å². The van der Waals surface area contributed by atoms with E-state index in [0.29, 0.717) is 12.3 Å². The van der Waals surface area contributed by atoms with Gasteiger partial charge in [-0.3, -0.25) is 4.90 Å². The van der Waals surface area contributed by atoms with E-state index in [9.17, 15) is 18.3 Å². The van der Waals surface area contributed by atoms with Crippen molar-refractivity contribution in [2.75, 3.05) is 45.0 Å². The van der Waals surface area contributed by atoms with Gasteiger partial charge in [-0.15, -0.1) is 11.8 Å². The first-order valence-electron chi connectivity index (χ1n) is 12.5. The number of aliphatic hydroxyl groups excluding tert-OH is 1. The highest BCUT2D eigenvalue weighted by Gasteiger charge is 2.20. The molecular weight excluding hydrogens is 481 g/mol. The van der Waals surface area contributed by atoms with E-state index in [1.165, 1.54) is 36.4 Å². The molecule has 0 aliphatic carbocycles. The van der Waals surface area contributed by atoms with Gasteiger partial charge in [0, 0.05) is 49.3 Å². The first-order valence-corrected chi connectivity index (χ1v) is 13.5. The van der Waals surface area contributed by atoms with Gasteiger partial charge in [0.05, 0.1) is 6.10 Å². The summed E-state index contributed by atoms with van der Waals surface area (Å²) in [5.74, 6) is -0.0808. The molecule has 0 aromatic heterocycles. The van der Waals surface area contributed by atoms with E-state index >= 15 is 0 Å². The Kier molecular flexibility index (Phi) is 9.87. The summed E-state index contributed by atoms with van der Waals surface area (Å²) < 4.78 is 39.9. The van der Waals surface area contributed by atoms with Crippen molar-refractivity contribution >= 4 is 11.8 Å². The first kappa shape index (κ1) is 26.7. The fourth-order valence-electron chi connectivity index (χ4n) is 4.70. The fraction of sp³-hybridized carbons (Fsp3) is 0.379. The van der Waals surface area contributed by atoms with Crippen molar-refractivity contribution in [3.8, 4) is 0 Å². The molecule has 3 aromatic carbocycles. The fourth-order valence-corrected chi connectivity index (χ4v) is 5.52. The second kappa shape index (κ2) is 13.3. The van der Waals surface area contributed by atoms with E-state index in [1.807, 2.05) is 24.3 Å². The molecule has 192 valence electrons. The second-order valence-corrected chi connectivity index (χ2v) is 10.5. The highest BCUT2D eigenvalue weighted by Crippen LogP contribution is 2.30. The Labute approximate surface area is 215 Å². The maximum absolute atomic E-state index is 13.5. The van der Waals surface area contributed by atoms with Crippen LogP contribution in [-0.4, -0.2) is 66.0 Å². The lowest BCUT2D eigenvalue weighted by molar-refractivity contribution is 0.0819. The van der Waals surface area contributed by atoms with E-state index in [4.69, 9.17) is 0 Å². The van der Waals surface area contributed by atoms with Gasteiger partial charge in [-0.2, -0.15) is 0 Å². The maximum atomic E-state index is 13.5. The van der Waals surface area contributed by atoms with Crippen molar-refractivity contribution in [3.05, 3.63) is 101 Å². The molecule has 0 saturated carbocycles. The van der Waals surface area contributed by atoms with Crippen LogP contribution in [-0.2, 0) is 0 Å². The lowest BCUT2D eigenvalue weighted by Crippen LogP contribution is -2.49. The molecule has 1 N–H and O–H groups in total. The Morgan fingerprint density at radius 1 is 0.694 bits per heavy atom. The summed E-state index contributed by atoms with van der Waals surface area (Å²) in [6.07, 6.45) is 1.45. The van der Waals surface area contributed by atoms with Crippen LogP contribution in [0.1, 0.15) is 29.9 Å². The zero-order valence-corrected chi connectivity index (χ0v) is 21.1. The molecule has 0 radical (unpaired) electrons. The Balaban J connectivity index is 1.20. The molecule has 1 atom stereocenters. The maximum Gasteiger partial charge on any atom is 0.123 e. The van der Waals surface area contributed by atoms with Crippen LogP contribution in [0.25, 0.3) is 0 Å². The van der Waals surface area contributed by atoms with Crippen LogP contribution in [0, 0.1) is 17.5 Å². The summed E-state index contributed by atoms with van der Waals surface area (Å²) in [5.41, 5.74) is 2.08. The van der Waals surface area contributed by atoms with Gasteiger partial charge in [-0.05, 0) is 79.0 Å². The highest BCUT2D eigenvalue weighted by molar-refractivity contribution is 7.99. The van der Waals surface area contributed by atoms with Gasteiger partial charge < -0.3 is 10.0 Å². The smallest absolute Gasteiger partial charge is 0.123 e. The standard InChI is InChI=1S/C29H33F3N2OS/c30-24-7-3-22(4-8-24)29(23-5-9-25(31)10-6-23)2-1-15-33-16-18-34(19-17-33)20-27(35)21-36-28-13-11-26(32)12-14-28/h3-14,27,29,35H,1-2,15-21H2. The zero-order valence-electron chi connectivity index (χ0n) is 20.3. The molecule has 1 fully saturated rings. The molecule has 4 rings (SSSR count). The van der Waals surface area contributed by atoms with Crippen molar-refractivity contribution in [3.63, 3.8) is 0 Å². The molecule has 0 bridgehead atoms. The third-order valence-electron chi connectivity index (χ3n) is 6.70. The molecule has 7 heteroatoms. The van der Waals surface area contributed by atoms with Gasteiger partial charge in [0.15, 0.2) is 0 Å². The number of β-amino-alcohol motifs (C(OH)–C–C–N with tert-alkyl or cyclic N) is 1. The molecule has 1 unspecified atom stereocenters. The van der Waals surface area contributed by atoms with Crippen LogP contribution >= 0.6 is 11.8 Å². The molecule has 36 heavy (non-hydrogen) atoms. The van der Waals surface area contributed by atoms with Gasteiger partial charge in [-0.1, -0.05) is 24.3 Å². The number of nitrogens with zero attached hydrogens (tertiary/aromatic N) is 2. The van der Waals surface area contributed by atoms with E-state index in [2.05, 4.69) is 9.80 Å². The van der Waals surface area contributed by atoms with Crippen LogP contribution in [0.3, 0.4) is 0 Å². The van der Waals surface area contributed by atoms with Gasteiger partial charge in [0.1, 0.15) is 17.5 Å². The summed E-state index contributed by atoms with van der Waals surface area (Å²) >= 11 is 1.54. The van der Waals surface area contributed by atoms with Crippen molar-refractivity contribution < 1.29 is 18.3 Å². The number of halogens is 3. The lowest BCUT2D eigenvalue weighted by Gasteiger charge is -2.35. The Hall–Kier alpha value is -2.32. The lowest BCUT2D eigenvalue weighted by atomic mass is 9.87. The summed E-state index contributed by atoms with van der Waals surface area (Å²) in [5, 5.41) is 10.4. The van der Waals surface area contributed by atoms with Crippen LogP contribution in [0.15, 0.2) is 77.7 Å². The number of hydrogen-bond donors (Lipinski definition) is 1. The van der Waals surface area contributed by atoms with Crippen molar-refractivity contribution in [2.24, 2.45) is 0 Å². The minimum absolute atomic E-state index is 0.0984. The van der Waals surface area contributed by atoms with Crippen LogP contribution in [0.2, 0.25) is 0 Å². The molecule has 3 aromatic rings. The predicted molar refractivity (Wildman–Crippen MR) is 140 cm³/mol. The molecule has 0 amide bonds. The molecule has 1 saturated heterocycles. The molecule has 1 aliphatic rings. The Morgan fingerprint density at radius 2 is 1.17 bits per heavy atom. The second-order valence-electron chi connectivity index (χ2n) is 9.36. The molecule has 1 heterocycles. The highest BCUT2D eigenvalue weighted by atomic mass is 32.2. The number of aliphatic hydroxyl groups is 1. The van der Waals surface area contributed by atoms with Crippen LogP contribution in [0.4, 0.5) is 13.2 Å². The largest absolute Gasteiger partial charge is 0.391 e. The molecule has 3 nitrogen and oxygen atoms in total. The number of hydrogen-bond acceptors (Lipinski definition) is 4. The predicted octanol–water partition coefficient (Wildman–Crippen LogP) is 5.79. The molecular formula is C29H33F3N2OS. The number of thioether (sulfide) groups is 1. The average Bonchev–Trinajstić information content (AvgIpc) is 2.89. The molecule has 0 spiro atoms. The van der Waals surface area contributed by atoms with E-state index < -0.39 is 6.10 Å². The van der Waals surface area contributed by atoms with Crippen LogP contribution < -0.4 is 0 Å². The van der Waals surface area contributed by atoms with E-state index in [1.54, 1.807) is 23.9 Å². The van der Waals surface area contributed by atoms with Gasteiger partial charge >= 0.3 is 0 Å². The first-order chi connectivity index (χ1) is 17.5. The monoisotopic (exact) mass is 514 g/mol. The zero-order chi connectivity index (χ0) is 25.3. The topological polar surface area (TPSA) is 26.7 Å². The van der Waals surface area contributed by atoms with Gasteiger partial charge in [0.2, 0.25) is 0 Å². The third kappa shape index (κ3) is 8.10. The number of piperazine rings is 1. The van der Waals surface area contributed by atoms with Crippen molar-refractivity contribution in [2.45, 2.75) is 29.8 Å². The quantitative estimate of drug-likeness (QED) is 0.328. The minimum Gasteiger partial charge on any atom is -0.391 e. The minimum atomic E-state index is -0.432. The van der Waals surface area contributed by atoms with Crippen molar-refractivity contribution in [1.82, 2.24) is 9.80 Å². The third-order valence-corrected chi connectivity index (χ3v) is 7.86. The number of rotatable bonds is 11. The number of benzene rings is 3. The van der Waals surface area contributed by atoms with Gasteiger partial charge in [0.25, 0.3) is 0 Å². The normalized spacial score (nSPS) is 15.9. The van der Waals surface area contributed by atoms with Crippen LogP contribution in [0.5, 0.6) is 0 Å². The average molecular weight is 515 g/mol. The SMILES string of the molecule is OC(CSc1ccc(F)cc1)CN1CCN(CCCC(c2ccc(F)cc2)c2ccc(F)cc2)CC1. The molecule has 1 aliphatic heterocycles. The van der Waals surface area contributed by atoms with E-state index in [-0.39, 0.29) is 23.4 Å². The summed E-state index contributed by atoms with van der Waals surface area (Å²) in [6.45, 7) is 5.34. The Morgan fingerprint density at radius 3 is 1.69 bits per heavy atom. The van der Waals surface area contributed by atoms with Gasteiger partial charge in [-0.25, -0.2) is 13.2 Å².